The molecule has 2 fully saturated rings. The minimum absolute atomic E-state index is 0.174. The Morgan fingerprint density at radius 2 is 1.89 bits per heavy atom. The van der Waals surface area contributed by atoms with E-state index < -0.39 is 37.3 Å². The fourth-order valence-electron chi connectivity index (χ4n) is 6.57. The first-order chi connectivity index (χ1) is 17.5. The molecule has 7 atom stereocenters. The van der Waals surface area contributed by atoms with Crippen molar-refractivity contribution in [3.05, 3.63) is 46.0 Å². The molecule has 0 amide bonds. The quantitative estimate of drug-likeness (QED) is 0.361. The standard InChI is InChI=1S/C28H35NO7/c1-34-27(23-16-6-4-8-20(23)19-7-3-2-5-15(19)11-16)17-9-10-18(13-29)21(12-17)35-28-26(33)25(32)24(31)22(14-30)36-28/h9-10,12,16,20,22,24-26,28,30-33H,2-8,11,14H2,1H3/t16?,20?,22?,24-,25?,26-,28+/m0/s1. The van der Waals surface area contributed by atoms with Gasteiger partial charge in [0.1, 0.15) is 42.0 Å². The van der Waals surface area contributed by atoms with E-state index in [1.54, 1.807) is 30.4 Å². The lowest BCUT2D eigenvalue weighted by Crippen LogP contribution is -2.60. The van der Waals surface area contributed by atoms with E-state index in [1.165, 1.54) is 31.3 Å². The summed E-state index contributed by atoms with van der Waals surface area (Å²) in [5.41, 5.74) is 5.61. The molecule has 2 bridgehead atoms. The van der Waals surface area contributed by atoms with Crippen LogP contribution >= 0.6 is 0 Å². The number of hydrogen-bond donors (Lipinski definition) is 4. The SMILES string of the molecule is COC(=C1C2CCCC1C1=C(CCCC1)C2)c1ccc(C#N)c(O[C@@H]2OC(CO)[C@H](O)C(O)[C@@H]2O)c1. The van der Waals surface area contributed by atoms with Gasteiger partial charge in [-0.05, 0) is 74.6 Å². The number of ether oxygens (including phenoxy) is 3. The molecule has 4 N–H and O–H groups in total. The van der Waals surface area contributed by atoms with Crippen molar-refractivity contribution >= 4 is 5.76 Å². The molecule has 1 heterocycles. The molecule has 4 unspecified atom stereocenters. The van der Waals surface area contributed by atoms with E-state index in [-0.39, 0.29) is 11.3 Å². The number of nitriles is 1. The van der Waals surface area contributed by atoms with Crippen LogP contribution in [0.2, 0.25) is 0 Å². The second kappa shape index (κ2) is 10.5. The molecule has 4 aliphatic rings. The molecule has 1 aromatic carbocycles. The Morgan fingerprint density at radius 1 is 1.08 bits per heavy atom. The Kier molecular flexibility index (Phi) is 7.38. The average Bonchev–Trinajstić information content (AvgIpc) is 2.90. The van der Waals surface area contributed by atoms with Gasteiger partial charge in [0.15, 0.2) is 0 Å². The molecule has 1 saturated heterocycles. The van der Waals surface area contributed by atoms with Crippen molar-refractivity contribution in [3.8, 4) is 11.8 Å². The summed E-state index contributed by atoms with van der Waals surface area (Å²) in [5, 5.41) is 49.8. The van der Waals surface area contributed by atoms with E-state index in [1.807, 2.05) is 6.07 Å². The number of hydrogen-bond acceptors (Lipinski definition) is 8. The van der Waals surface area contributed by atoms with Crippen LogP contribution in [0.4, 0.5) is 0 Å². The Labute approximate surface area is 211 Å². The molecule has 0 aromatic heterocycles. The van der Waals surface area contributed by atoms with E-state index in [4.69, 9.17) is 14.2 Å². The highest BCUT2D eigenvalue weighted by atomic mass is 16.7. The van der Waals surface area contributed by atoms with Gasteiger partial charge in [0.25, 0.3) is 0 Å². The third kappa shape index (κ3) is 4.44. The van der Waals surface area contributed by atoms with Crippen LogP contribution in [0.15, 0.2) is 34.9 Å². The van der Waals surface area contributed by atoms with Crippen molar-refractivity contribution in [2.75, 3.05) is 13.7 Å². The maximum Gasteiger partial charge on any atom is 0.229 e. The normalized spacial score (nSPS) is 35.5. The van der Waals surface area contributed by atoms with E-state index in [9.17, 15) is 25.7 Å². The molecule has 8 heteroatoms. The van der Waals surface area contributed by atoms with Crippen LogP contribution in [0.25, 0.3) is 5.76 Å². The topological polar surface area (TPSA) is 132 Å². The number of fused-ring (bicyclic) bond motifs is 3. The fraction of sp³-hybridized carbons (Fsp3) is 0.607. The summed E-state index contributed by atoms with van der Waals surface area (Å²) in [4.78, 5) is 0. The lowest BCUT2D eigenvalue weighted by molar-refractivity contribution is -0.277. The number of benzene rings is 1. The Morgan fingerprint density at radius 3 is 2.64 bits per heavy atom. The lowest BCUT2D eigenvalue weighted by Gasteiger charge is -2.43. The van der Waals surface area contributed by atoms with E-state index in [0.717, 1.165) is 37.0 Å². The van der Waals surface area contributed by atoms with Crippen LogP contribution in [-0.4, -0.2) is 64.8 Å². The summed E-state index contributed by atoms with van der Waals surface area (Å²) < 4.78 is 17.4. The van der Waals surface area contributed by atoms with Crippen LogP contribution < -0.4 is 4.74 Å². The maximum atomic E-state index is 10.4. The van der Waals surface area contributed by atoms with Crippen molar-refractivity contribution in [3.63, 3.8) is 0 Å². The third-order valence-corrected chi connectivity index (χ3v) is 8.32. The zero-order valence-electron chi connectivity index (χ0n) is 20.6. The molecule has 1 aromatic rings. The van der Waals surface area contributed by atoms with Gasteiger partial charge in [-0.3, -0.25) is 0 Å². The van der Waals surface area contributed by atoms with Gasteiger partial charge in [0, 0.05) is 11.5 Å². The fourth-order valence-corrected chi connectivity index (χ4v) is 6.57. The third-order valence-electron chi connectivity index (χ3n) is 8.32. The first kappa shape index (κ1) is 25.2. The minimum Gasteiger partial charge on any atom is -0.496 e. The summed E-state index contributed by atoms with van der Waals surface area (Å²) in [6.45, 7) is -0.559. The van der Waals surface area contributed by atoms with E-state index >= 15 is 0 Å². The van der Waals surface area contributed by atoms with Crippen LogP contribution in [0.1, 0.15) is 62.5 Å². The molecule has 5 rings (SSSR count). The average molecular weight is 498 g/mol. The predicted octanol–water partition coefficient (Wildman–Crippen LogP) is 2.79. The summed E-state index contributed by atoms with van der Waals surface area (Å²) in [5.74, 6) is 1.83. The molecule has 3 aliphatic carbocycles. The highest BCUT2D eigenvalue weighted by molar-refractivity contribution is 5.68. The molecular weight excluding hydrogens is 462 g/mol. The van der Waals surface area contributed by atoms with Crippen molar-refractivity contribution in [2.24, 2.45) is 11.8 Å². The highest BCUT2D eigenvalue weighted by Crippen LogP contribution is 2.53. The van der Waals surface area contributed by atoms with Gasteiger partial charge in [-0.2, -0.15) is 5.26 Å². The predicted molar refractivity (Wildman–Crippen MR) is 130 cm³/mol. The number of aliphatic hydroxyl groups excluding tert-OH is 4. The van der Waals surface area contributed by atoms with Gasteiger partial charge in [0.05, 0.1) is 19.3 Å². The molecule has 0 spiro atoms. The molecule has 36 heavy (non-hydrogen) atoms. The summed E-state index contributed by atoms with van der Waals surface area (Å²) >= 11 is 0. The van der Waals surface area contributed by atoms with Gasteiger partial charge in [-0.1, -0.05) is 17.6 Å². The number of aliphatic hydroxyl groups is 4. The van der Waals surface area contributed by atoms with Gasteiger partial charge in [-0.15, -0.1) is 0 Å². The van der Waals surface area contributed by atoms with E-state index in [2.05, 4.69) is 6.07 Å². The molecule has 1 aliphatic heterocycles. The highest BCUT2D eigenvalue weighted by Gasteiger charge is 2.45. The van der Waals surface area contributed by atoms with Crippen LogP contribution in [0.3, 0.4) is 0 Å². The van der Waals surface area contributed by atoms with Gasteiger partial charge in [0.2, 0.25) is 6.29 Å². The van der Waals surface area contributed by atoms with Crippen molar-refractivity contribution < 1.29 is 34.6 Å². The largest absolute Gasteiger partial charge is 0.496 e. The smallest absolute Gasteiger partial charge is 0.229 e. The van der Waals surface area contributed by atoms with Crippen molar-refractivity contribution in [1.29, 1.82) is 5.26 Å². The molecular formula is C28H35NO7. The first-order valence-corrected chi connectivity index (χ1v) is 13.0. The van der Waals surface area contributed by atoms with Crippen LogP contribution in [-0.2, 0) is 9.47 Å². The first-order valence-electron chi connectivity index (χ1n) is 13.0. The second-order valence-electron chi connectivity index (χ2n) is 10.3. The number of nitrogens with zero attached hydrogens (tertiary/aromatic N) is 1. The summed E-state index contributed by atoms with van der Waals surface area (Å²) in [7, 11) is 1.68. The van der Waals surface area contributed by atoms with E-state index in [0.29, 0.717) is 11.8 Å². The van der Waals surface area contributed by atoms with Gasteiger partial charge >= 0.3 is 0 Å². The lowest BCUT2D eigenvalue weighted by atomic mass is 9.62. The number of rotatable bonds is 5. The Bertz CT molecular complexity index is 1090. The maximum absolute atomic E-state index is 10.4. The monoisotopic (exact) mass is 497 g/mol. The van der Waals surface area contributed by atoms with Gasteiger partial charge < -0.3 is 34.6 Å². The minimum atomic E-state index is -1.56. The number of allylic oxidation sites excluding steroid dienone is 3. The van der Waals surface area contributed by atoms with Gasteiger partial charge in [-0.25, -0.2) is 0 Å². The zero-order valence-corrected chi connectivity index (χ0v) is 20.6. The Balaban J connectivity index is 1.51. The molecule has 8 nitrogen and oxygen atoms in total. The molecule has 0 radical (unpaired) electrons. The molecule has 194 valence electrons. The summed E-state index contributed by atoms with van der Waals surface area (Å²) in [6.07, 6.45) is 2.39. The number of methoxy groups -OCH3 is 1. The Hall–Kier alpha value is -2.41. The van der Waals surface area contributed by atoms with Crippen molar-refractivity contribution in [2.45, 2.75) is 82.1 Å². The zero-order chi connectivity index (χ0) is 25.4. The van der Waals surface area contributed by atoms with Crippen LogP contribution in [0.5, 0.6) is 5.75 Å². The second-order valence-corrected chi connectivity index (χ2v) is 10.3. The summed E-state index contributed by atoms with van der Waals surface area (Å²) in [6, 6.07) is 7.32. The molecule has 1 saturated carbocycles. The van der Waals surface area contributed by atoms with Crippen LogP contribution in [0, 0.1) is 23.2 Å². The van der Waals surface area contributed by atoms with Crippen molar-refractivity contribution in [1.82, 2.24) is 0 Å².